The Morgan fingerprint density at radius 3 is 2.61 bits per heavy atom. The third-order valence-electron chi connectivity index (χ3n) is 5.58. The summed E-state index contributed by atoms with van der Waals surface area (Å²) < 4.78 is 0. The predicted molar refractivity (Wildman–Crippen MR) is 134 cm³/mol. The molecule has 0 fully saturated rings. The number of rotatable bonds is 3. The van der Waals surface area contributed by atoms with Crippen LogP contribution in [-0.2, 0) is 0 Å². The summed E-state index contributed by atoms with van der Waals surface area (Å²) in [5.74, 6) is 1.23. The van der Waals surface area contributed by atoms with Crippen molar-refractivity contribution in [3.8, 4) is 11.1 Å². The number of fused-ring (bicyclic) bond motifs is 3. The zero-order valence-electron chi connectivity index (χ0n) is 18.1. The van der Waals surface area contributed by atoms with Gasteiger partial charge in [-0.3, -0.25) is 15.2 Å². The summed E-state index contributed by atoms with van der Waals surface area (Å²) in [5, 5.41) is 10.2. The van der Waals surface area contributed by atoms with Crippen LogP contribution in [0, 0.1) is 6.92 Å². The molecule has 0 unspecified atom stereocenters. The van der Waals surface area contributed by atoms with Crippen LogP contribution in [0.1, 0.15) is 5.56 Å². The zero-order chi connectivity index (χ0) is 23.1. The fourth-order valence-corrected chi connectivity index (χ4v) is 4.22. The van der Waals surface area contributed by atoms with Crippen molar-refractivity contribution in [1.29, 1.82) is 0 Å². The number of amides is 2. The molecule has 4 aromatic rings. The number of benzene rings is 2. The second-order valence-electron chi connectivity index (χ2n) is 7.73. The van der Waals surface area contributed by atoms with E-state index in [2.05, 4.69) is 43.5 Å². The fraction of sp³-hybridized carbons (Fsp3) is 0.0800. The summed E-state index contributed by atoms with van der Waals surface area (Å²) in [7, 11) is 1.56. The van der Waals surface area contributed by atoms with Gasteiger partial charge in [-0.2, -0.15) is 0 Å². The highest BCUT2D eigenvalue weighted by Crippen LogP contribution is 2.46. The Morgan fingerprint density at radius 1 is 1.06 bits per heavy atom. The number of aryl methyl sites for hydroxylation is 1. The number of carbonyl (C=O) groups is 1. The number of carbonyl (C=O) groups excluding carboxylic acids is 1. The molecule has 2 aromatic carbocycles. The standard InChI is InChI=1S/C25H21ClN6O/c1-14-10-18(26)6-8-22(14)32-15(2)30-21-13-28-20-7-4-16(11-19(20)24(21)32)17-5-9-23(29-12-17)31-25(33)27-3/h4-13,30H,2H2,1,3H3,(H2,27,29,31,33). The smallest absolute Gasteiger partial charge is 0.320 e. The van der Waals surface area contributed by atoms with Crippen LogP contribution >= 0.6 is 11.6 Å². The number of urea groups is 1. The molecule has 7 nitrogen and oxygen atoms in total. The van der Waals surface area contributed by atoms with Crippen molar-refractivity contribution >= 4 is 51.4 Å². The van der Waals surface area contributed by atoms with E-state index in [1.54, 1.807) is 19.3 Å². The molecular formula is C25H21ClN6O. The molecular weight excluding hydrogens is 436 g/mol. The Hall–Kier alpha value is -4.10. The maximum absolute atomic E-state index is 11.5. The Morgan fingerprint density at radius 2 is 1.88 bits per heavy atom. The van der Waals surface area contributed by atoms with E-state index >= 15 is 0 Å². The number of nitrogens with one attached hydrogen (secondary N) is 3. The SMILES string of the molecule is C=C1Nc2cnc3ccc(-c4ccc(NC(=O)NC)nc4)cc3c2N1c1ccc(Cl)cc1C. The lowest BCUT2D eigenvalue weighted by Crippen LogP contribution is -2.24. The molecule has 0 saturated carbocycles. The predicted octanol–water partition coefficient (Wildman–Crippen LogP) is 6.04. The number of pyridine rings is 2. The fourth-order valence-electron chi connectivity index (χ4n) is 3.99. The topological polar surface area (TPSA) is 82.2 Å². The molecule has 3 heterocycles. The summed E-state index contributed by atoms with van der Waals surface area (Å²) >= 11 is 6.19. The molecule has 0 aliphatic carbocycles. The number of aromatic nitrogens is 2. The lowest BCUT2D eigenvalue weighted by molar-refractivity contribution is 0.254. The minimum absolute atomic E-state index is 0.312. The number of anilines is 4. The van der Waals surface area contributed by atoms with Crippen LogP contribution in [0.3, 0.4) is 0 Å². The van der Waals surface area contributed by atoms with E-state index in [0.717, 1.165) is 50.5 Å². The Balaban J connectivity index is 1.60. The van der Waals surface area contributed by atoms with Crippen LogP contribution in [0.2, 0.25) is 5.02 Å². The first-order valence-corrected chi connectivity index (χ1v) is 10.7. The van der Waals surface area contributed by atoms with E-state index in [1.807, 2.05) is 49.5 Å². The monoisotopic (exact) mass is 456 g/mol. The van der Waals surface area contributed by atoms with Gasteiger partial charge in [-0.05, 0) is 60.5 Å². The summed E-state index contributed by atoms with van der Waals surface area (Å²) in [5.41, 5.74) is 6.71. The number of halogens is 1. The number of hydrogen-bond acceptors (Lipinski definition) is 5. The molecule has 0 bridgehead atoms. The number of hydrogen-bond donors (Lipinski definition) is 3. The molecule has 0 radical (unpaired) electrons. The van der Waals surface area contributed by atoms with E-state index in [4.69, 9.17) is 11.6 Å². The third kappa shape index (κ3) is 3.72. The zero-order valence-corrected chi connectivity index (χ0v) is 18.9. The largest absolute Gasteiger partial charge is 0.341 e. The highest BCUT2D eigenvalue weighted by Gasteiger charge is 2.28. The maximum atomic E-state index is 11.5. The van der Waals surface area contributed by atoms with Gasteiger partial charge in [-0.1, -0.05) is 24.2 Å². The van der Waals surface area contributed by atoms with Crippen LogP contribution in [0.25, 0.3) is 22.0 Å². The number of nitrogens with zero attached hydrogens (tertiary/aromatic N) is 3. The van der Waals surface area contributed by atoms with Gasteiger partial charge in [0.25, 0.3) is 0 Å². The van der Waals surface area contributed by atoms with Crippen molar-refractivity contribution in [2.45, 2.75) is 6.92 Å². The lowest BCUT2D eigenvalue weighted by Gasteiger charge is -2.23. The Kier molecular flexibility index (Phi) is 5.11. The van der Waals surface area contributed by atoms with Crippen LogP contribution in [-0.4, -0.2) is 23.0 Å². The minimum atomic E-state index is -0.312. The lowest BCUT2D eigenvalue weighted by atomic mass is 10.0. The van der Waals surface area contributed by atoms with E-state index < -0.39 is 0 Å². The van der Waals surface area contributed by atoms with Gasteiger partial charge in [0.2, 0.25) is 0 Å². The average molecular weight is 457 g/mol. The van der Waals surface area contributed by atoms with E-state index in [1.165, 1.54) is 0 Å². The van der Waals surface area contributed by atoms with Crippen molar-refractivity contribution in [2.24, 2.45) is 0 Å². The Labute approximate surface area is 196 Å². The maximum Gasteiger partial charge on any atom is 0.320 e. The van der Waals surface area contributed by atoms with Crippen molar-refractivity contribution in [3.63, 3.8) is 0 Å². The molecule has 5 rings (SSSR count). The first-order valence-electron chi connectivity index (χ1n) is 10.3. The second kappa shape index (κ2) is 8.11. The van der Waals surface area contributed by atoms with E-state index in [9.17, 15) is 4.79 Å². The molecule has 0 saturated heterocycles. The van der Waals surface area contributed by atoms with Crippen molar-refractivity contribution < 1.29 is 4.79 Å². The molecule has 0 atom stereocenters. The highest BCUT2D eigenvalue weighted by molar-refractivity contribution is 6.30. The van der Waals surface area contributed by atoms with Crippen LogP contribution in [0.5, 0.6) is 0 Å². The summed E-state index contributed by atoms with van der Waals surface area (Å²) in [4.78, 5) is 22.6. The van der Waals surface area contributed by atoms with Crippen molar-refractivity contribution in [2.75, 3.05) is 22.6 Å². The van der Waals surface area contributed by atoms with Gasteiger partial charge < -0.3 is 10.6 Å². The molecule has 1 aliphatic rings. The van der Waals surface area contributed by atoms with Gasteiger partial charge in [0.15, 0.2) is 0 Å². The molecule has 33 heavy (non-hydrogen) atoms. The highest BCUT2D eigenvalue weighted by atomic mass is 35.5. The summed E-state index contributed by atoms with van der Waals surface area (Å²) in [6, 6.07) is 15.3. The van der Waals surface area contributed by atoms with Gasteiger partial charge in [-0.15, -0.1) is 0 Å². The molecule has 0 spiro atoms. The molecule has 2 amide bonds. The minimum Gasteiger partial charge on any atom is -0.341 e. The molecule has 8 heteroatoms. The quantitative estimate of drug-likeness (QED) is 0.350. The van der Waals surface area contributed by atoms with Crippen LogP contribution in [0.4, 0.5) is 27.7 Å². The average Bonchev–Trinajstić information content (AvgIpc) is 3.15. The van der Waals surface area contributed by atoms with E-state index in [0.29, 0.717) is 10.8 Å². The molecule has 1 aliphatic heterocycles. The first kappa shape index (κ1) is 20.8. The van der Waals surface area contributed by atoms with Crippen molar-refractivity contribution in [3.05, 3.63) is 83.9 Å². The first-order chi connectivity index (χ1) is 15.9. The second-order valence-corrected chi connectivity index (χ2v) is 8.16. The van der Waals surface area contributed by atoms with Gasteiger partial charge >= 0.3 is 6.03 Å². The van der Waals surface area contributed by atoms with Crippen LogP contribution in [0.15, 0.2) is 73.3 Å². The van der Waals surface area contributed by atoms with E-state index in [-0.39, 0.29) is 6.03 Å². The van der Waals surface area contributed by atoms with Crippen LogP contribution < -0.4 is 20.9 Å². The normalized spacial score (nSPS) is 12.5. The van der Waals surface area contributed by atoms with Gasteiger partial charge in [-0.25, -0.2) is 9.78 Å². The summed E-state index contributed by atoms with van der Waals surface area (Å²) in [6.45, 7) is 6.25. The van der Waals surface area contributed by atoms with Gasteiger partial charge in [0, 0.05) is 29.2 Å². The molecule has 2 aromatic heterocycles. The third-order valence-corrected chi connectivity index (χ3v) is 5.81. The van der Waals surface area contributed by atoms with Gasteiger partial charge in [0.1, 0.15) is 11.6 Å². The Bertz CT molecular complexity index is 1420. The summed E-state index contributed by atoms with van der Waals surface area (Å²) in [6.07, 6.45) is 3.57. The molecule has 3 N–H and O–H groups in total. The molecule has 164 valence electrons. The van der Waals surface area contributed by atoms with Gasteiger partial charge in [0.05, 0.1) is 28.8 Å². The van der Waals surface area contributed by atoms with Crippen molar-refractivity contribution in [1.82, 2.24) is 15.3 Å².